The number of benzene rings is 2. The van der Waals surface area contributed by atoms with E-state index < -0.39 is 5.82 Å². The zero-order valence-corrected chi connectivity index (χ0v) is 12.8. The highest BCUT2D eigenvalue weighted by molar-refractivity contribution is 5.47. The van der Waals surface area contributed by atoms with Crippen LogP contribution in [0.1, 0.15) is 5.56 Å². The second-order valence-corrected chi connectivity index (χ2v) is 4.67. The van der Waals surface area contributed by atoms with Crippen LogP contribution in [-0.4, -0.2) is 26.3 Å². The Labute approximate surface area is 129 Å². The SMILES string of the molecule is COc1ccc(CN(C)ONc2cc(OC)ccc2F)cc1. The molecule has 22 heavy (non-hydrogen) atoms. The molecule has 1 N–H and O–H groups in total. The lowest BCUT2D eigenvalue weighted by molar-refractivity contribution is -0.117. The van der Waals surface area contributed by atoms with Crippen molar-refractivity contribution in [2.24, 2.45) is 0 Å². The molecule has 118 valence electrons. The number of hydrogen-bond acceptors (Lipinski definition) is 5. The van der Waals surface area contributed by atoms with Crippen molar-refractivity contribution >= 4 is 5.69 Å². The maximum Gasteiger partial charge on any atom is 0.148 e. The molecule has 0 spiro atoms. The average molecular weight is 306 g/mol. The number of hydrogen-bond donors (Lipinski definition) is 1. The molecule has 0 fully saturated rings. The first-order valence-electron chi connectivity index (χ1n) is 6.73. The fourth-order valence-electron chi connectivity index (χ4n) is 1.86. The maximum atomic E-state index is 13.6. The van der Waals surface area contributed by atoms with Crippen molar-refractivity contribution in [3.8, 4) is 11.5 Å². The minimum atomic E-state index is -0.418. The van der Waals surface area contributed by atoms with E-state index in [2.05, 4.69) is 5.48 Å². The van der Waals surface area contributed by atoms with Crippen molar-refractivity contribution in [1.29, 1.82) is 0 Å². The van der Waals surface area contributed by atoms with Crippen LogP contribution in [0.25, 0.3) is 0 Å². The van der Waals surface area contributed by atoms with Crippen molar-refractivity contribution in [2.75, 3.05) is 26.7 Å². The Balaban J connectivity index is 1.90. The van der Waals surface area contributed by atoms with Gasteiger partial charge in [0.2, 0.25) is 0 Å². The summed E-state index contributed by atoms with van der Waals surface area (Å²) in [6.07, 6.45) is 0. The average Bonchev–Trinajstić information content (AvgIpc) is 2.55. The van der Waals surface area contributed by atoms with Gasteiger partial charge in [-0.15, -0.1) is 0 Å². The highest BCUT2D eigenvalue weighted by atomic mass is 19.1. The van der Waals surface area contributed by atoms with Gasteiger partial charge in [0.1, 0.15) is 23.0 Å². The van der Waals surface area contributed by atoms with E-state index in [1.807, 2.05) is 24.3 Å². The molecule has 5 nitrogen and oxygen atoms in total. The number of nitrogens with zero attached hydrogens (tertiary/aromatic N) is 1. The van der Waals surface area contributed by atoms with Crippen LogP contribution in [0, 0.1) is 5.82 Å². The lowest BCUT2D eigenvalue weighted by atomic mass is 10.2. The van der Waals surface area contributed by atoms with Crippen LogP contribution in [0.2, 0.25) is 0 Å². The third kappa shape index (κ3) is 4.34. The molecule has 0 aliphatic heterocycles. The molecular formula is C16H19FN2O3. The summed E-state index contributed by atoms with van der Waals surface area (Å²) in [5.41, 5.74) is 3.82. The van der Waals surface area contributed by atoms with Crippen LogP contribution in [0.5, 0.6) is 11.5 Å². The van der Waals surface area contributed by atoms with Crippen molar-refractivity contribution in [3.63, 3.8) is 0 Å². The minimum Gasteiger partial charge on any atom is -0.497 e. The number of nitrogens with one attached hydrogen (secondary N) is 1. The van der Waals surface area contributed by atoms with Crippen LogP contribution < -0.4 is 15.0 Å². The molecule has 2 rings (SSSR count). The van der Waals surface area contributed by atoms with Gasteiger partial charge in [-0.25, -0.2) is 9.87 Å². The fraction of sp³-hybridized carbons (Fsp3) is 0.250. The first kappa shape index (κ1) is 16.1. The summed E-state index contributed by atoms with van der Waals surface area (Å²) in [6.45, 7) is 0.530. The van der Waals surface area contributed by atoms with Crippen LogP contribution in [0.15, 0.2) is 42.5 Å². The van der Waals surface area contributed by atoms with E-state index in [1.54, 1.807) is 25.3 Å². The van der Waals surface area contributed by atoms with Crippen LogP contribution in [-0.2, 0) is 11.5 Å². The molecule has 0 aliphatic carbocycles. The molecule has 2 aromatic carbocycles. The van der Waals surface area contributed by atoms with Gasteiger partial charge in [0.25, 0.3) is 0 Å². The van der Waals surface area contributed by atoms with E-state index in [1.165, 1.54) is 19.2 Å². The normalized spacial score (nSPS) is 10.6. The molecule has 0 radical (unpaired) electrons. The molecule has 0 heterocycles. The van der Waals surface area contributed by atoms with E-state index in [4.69, 9.17) is 14.4 Å². The predicted octanol–water partition coefficient (Wildman–Crippen LogP) is 3.23. The summed E-state index contributed by atoms with van der Waals surface area (Å²) >= 11 is 0. The van der Waals surface area contributed by atoms with Crippen molar-refractivity contribution in [3.05, 3.63) is 53.8 Å². The van der Waals surface area contributed by atoms with Gasteiger partial charge in [-0.05, 0) is 29.8 Å². The molecule has 0 aliphatic rings. The maximum absolute atomic E-state index is 13.6. The van der Waals surface area contributed by atoms with Gasteiger partial charge in [0.15, 0.2) is 0 Å². The Kier molecular flexibility index (Phi) is 5.57. The third-order valence-corrected chi connectivity index (χ3v) is 3.05. The minimum absolute atomic E-state index is 0.209. The van der Waals surface area contributed by atoms with E-state index in [0.717, 1.165) is 11.3 Å². The molecule has 0 unspecified atom stereocenters. The van der Waals surface area contributed by atoms with E-state index in [9.17, 15) is 4.39 Å². The Morgan fingerprint density at radius 3 is 2.27 bits per heavy atom. The van der Waals surface area contributed by atoms with E-state index in [-0.39, 0.29) is 5.69 Å². The van der Waals surface area contributed by atoms with Gasteiger partial charge in [0, 0.05) is 13.1 Å². The summed E-state index contributed by atoms with van der Waals surface area (Å²) in [5.74, 6) is 0.924. The van der Waals surface area contributed by atoms with Crippen LogP contribution >= 0.6 is 0 Å². The Morgan fingerprint density at radius 1 is 1.00 bits per heavy atom. The first-order valence-corrected chi connectivity index (χ1v) is 6.73. The molecule has 0 aromatic heterocycles. The lowest BCUT2D eigenvalue weighted by Crippen LogP contribution is -2.22. The van der Waals surface area contributed by atoms with Gasteiger partial charge in [-0.3, -0.25) is 0 Å². The number of rotatable bonds is 7. The largest absolute Gasteiger partial charge is 0.497 e. The summed E-state index contributed by atoms with van der Waals surface area (Å²) in [6, 6.07) is 12.0. The molecular weight excluding hydrogens is 287 g/mol. The first-order chi connectivity index (χ1) is 10.6. The van der Waals surface area contributed by atoms with Gasteiger partial charge < -0.3 is 9.47 Å². The fourth-order valence-corrected chi connectivity index (χ4v) is 1.86. The molecule has 0 saturated heterocycles. The number of methoxy groups -OCH3 is 2. The van der Waals surface area contributed by atoms with Gasteiger partial charge in [-0.2, -0.15) is 10.0 Å². The summed E-state index contributed by atoms with van der Waals surface area (Å²) in [4.78, 5) is 5.33. The van der Waals surface area contributed by atoms with Crippen molar-refractivity contribution in [1.82, 2.24) is 5.06 Å². The Bertz CT molecular complexity index is 605. The second-order valence-electron chi connectivity index (χ2n) is 4.67. The molecule has 0 saturated carbocycles. The van der Waals surface area contributed by atoms with Gasteiger partial charge in [-0.1, -0.05) is 12.1 Å². The molecule has 6 heteroatoms. The van der Waals surface area contributed by atoms with Crippen molar-refractivity contribution in [2.45, 2.75) is 6.54 Å². The molecule has 2 aromatic rings. The highest BCUT2D eigenvalue weighted by Crippen LogP contribution is 2.21. The van der Waals surface area contributed by atoms with Gasteiger partial charge >= 0.3 is 0 Å². The standard InChI is InChI=1S/C16H19FN2O3/c1-19(11-12-4-6-13(20-2)7-5-12)22-18-16-10-14(21-3)8-9-15(16)17/h4-10,18H,11H2,1-3H3. The Morgan fingerprint density at radius 2 is 1.64 bits per heavy atom. The Hall–Kier alpha value is -2.31. The third-order valence-electron chi connectivity index (χ3n) is 3.05. The smallest absolute Gasteiger partial charge is 0.148 e. The van der Waals surface area contributed by atoms with Crippen molar-refractivity contribution < 1.29 is 18.8 Å². The van der Waals surface area contributed by atoms with E-state index in [0.29, 0.717) is 12.3 Å². The summed E-state index contributed by atoms with van der Waals surface area (Å²) in [7, 11) is 4.89. The summed E-state index contributed by atoms with van der Waals surface area (Å²) in [5, 5.41) is 1.56. The molecule has 0 bridgehead atoms. The van der Waals surface area contributed by atoms with Crippen LogP contribution in [0.3, 0.4) is 0 Å². The number of halogens is 1. The number of ether oxygens (including phenoxy) is 2. The van der Waals surface area contributed by atoms with Crippen LogP contribution in [0.4, 0.5) is 10.1 Å². The van der Waals surface area contributed by atoms with Gasteiger partial charge in [0.05, 0.1) is 20.8 Å². The predicted molar refractivity (Wildman–Crippen MR) is 82.1 cm³/mol. The zero-order chi connectivity index (χ0) is 15.9. The second kappa shape index (κ2) is 7.63. The molecule has 0 atom stereocenters. The number of hydroxylamine groups is 2. The molecule has 0 amide bonds. The monoisotopic (exact) mass is 306 g/mol. The zero-order valence-electron chi connectivity index (χ0n) is 12.8. The van der Waals surface area contributed by atoms with E-state index >= 15 is 0 Å². The highest BCUT2D eigenvalue weighted by Gasteiger charge is 2.06. The quantitative estimate of drug-likeness (QED) is 0.796. The number of anilines is 1. The lowest BCUT2D eigenvalue weighted by Gasteiger charge is -2.17. The topological polar surface area (TPSA) is 43.0 Å². The summed E-state index contributed by atoms with van der Waals surface area (Å²) < 4.78 is 23.8.